The lowest BCUT2D eigenvalue weighted by molar-refractivity contribution is 0.177. The maximum absolute atomic E-state index is 6.18. The van der Waals surface area contributed by atoms with E-state index in [2.05, 4.69) is 57.8 Å². The molecule has 1 N–H and O–H groups in total. The molecule has 0 fully saturated rings. The van der Waals surface area contributed by atoms with Crippen molar-refractivity contribution in [2.24, 2.45) is 0 Å². The predicted octanol–water partition coefficient (Wildman–Crippen LogP) is 4.43. The summed E-state index contributed by atoms with van der Waals surface area (Å²) >= 11 is 5.35. The number of hydrogen-bond acceptors (Lipinski definition) is 3. The van der Waals surface area contributed by atoms with Crippen LogP contribution in [0.1, 0.15) is 23.8 Å². The average Bonchev–Trinajstić information content (AvgIpc) is 3.09. The van der Waals surface area contributed by atoms with E-state index >= 15 is 0 Å². The molecular weight excluding hydrogens is 346 g/mol. The van der Waals surface area contributed by atoms with Gasteiger partial charge in [0.05, 0.1) is 0 Å². The molecule has 112 valence electrons. The highest BCUT2D eigenvalue weighted by atomic mass is 79.9. The van der Waals surface area contributed by atoms with Crippen LogP contribution in [-0.2, 0) is 12.8 Å². The lowest BCUT2D eigenvalue weighted by Gasteiger charge is -2.24. The number of ether oxygens (including phenoxy) is 1. The van der Waals surface area contributed by atoms with Crippen molar-refractivity contribution in [2.45, 2.75) is 38.3 Å². The van der Waals surface area contributed by atoms with Crippen LogP contribution in [0.5, 0.6) is 5.75 Å². The molecule has 2 unspecified atom stereocenters. The van der Waals surface area contributed by atoms with Crippen molar-refractivity contribution in [2.75, 3.05) is 6.54 Å². The van der Waals surface area contributed by atoms with Crippen LogP contribution < -0.4 is 10.1 Å². The molecule has 1 aromatic carbocycles. The summed E-state index contributed by atoms with van der Waals surface area (Å²) in [5.41, 5.74) is 1.33. The molecule has 1 aromatic heterocycles. The third kappa shape index (κ3) is 3.68. The van der Waals surface area contributed by atoms with Crippen molar-refractivity contribution in [1.29, 1.82) is 0 Å². The van der Waals surface area contributed by atoms with Gasteiger partial charge >= 0.3 is 0 Å². The number of rotatable bonds is 6. The van der Waals surface area contributed by atoms with E-state index in [1.54, 1.807) is 0 Å². The van der Waals surface area contributed by atoms with Crippen molar-refractivity contribution in [1.82, 2.24) is 5.32 Å². The molecule has 0 spiro atoms. The van der Waals surface area contributed by atoms with E-state index in [4.69, 9.17) is 4.74 Å². The van der Waals surface area contributed by atoms with Gasteiger partial charge in [-0.15, -0.1) is 11.3 Å². The topological polar surface area (TPSA) is 21.3 Å². The van der Waals surface area contributed by atoms with Gasteiger partial charge in [-0.3, -0.25) is 0 Å². The first kappa shape index (κ1) is 15.1. The maximum atomic E-state index is 6.18. The van der Waals surface area contributed by atoms with Crippen LogP contribution in [0.15, 0.2) is 40.2 Å². The third-order valence-corrected chi connectivity index (χ3v) is 5.54. The number of hydrogen-bond donors (Lipinski definition) is 1. The smallest absolute Gasteiger partial charge is 0.123 e. The van der Waals surface area contributed by atoms with Crippen molar-refractivity contribution >= 4 is 27.3 Å². The molecule has 0 saturated heterocycles. The van der Waals surface area contributed by atoms with E-state index in [1.165, 1.54) is 14.9 Å². The molecule has 0 radical (unpaired) electrons. The number of halogens is 1. The highest BCUT2D eigenvalue weighted by molar-refractivity contribution is 9.10. The second-order valence-electron chi connectivity index (χ2n) is 5.46. The fraction of sp³-hybridized carbons (Fsp3) is 0.412. The molecule has 21 heavy (non-hydrogen) atoms. The normalized spacial score (nSPS) is 18.3. The summed E-state index contributed by atoms with van der Waals surface area (Å²) in [4.78, 5) is 1.40. The molecule has 1 aliphatic rings. The summed E-state index contributed by atoms with van der Waals surface area (Å²) in [6.45, 7) is 3.24. The first-order chi connectivity index (χ1) is 10.3. The monoisotopic (exact) mass is 365 g/mol. The molecule has 1 aliphatic heterocycles. The van der Waals surface area contributed by atoms with Gasteiger partial charge in [-0.1, -0.05) is 25.1 Å². The number of para-hydroxylation sites is 1. The van der Waals surface area contributed by atoms with Crippen molar-refractivity contribution in [3.63, 3.8) is 0 Å². The first-order valence-electron chi connectivity index (χ1n) is 7.47. The molecule has 2 nitrogen and oxygen atoms in total. The van der Waals surface area contributed by atoms with Crippen LogP contribution in [0.2, 0.25) is 0 Å². The SMILES string of the molecule is CCCNC(Cc1cc(Br)cs1)C1Cc2ccccc2O1. The van der Waals surface area contributed by atoms with Crippen LogP contribution in [0, 0.1) is 0 Å². The Morgan fingerprint density at radius 1 is 1.43 bits per heavy atom. The maximum Gasteiger partial charge on any atom is 0.123 e. The van der Waals surface area contributed by atoms with Gasteiger partial charge in [0.2, 0.25) is 0 Å². The summed E-state index contributed by atoms with van der Waals surface area (Å²) in [6.07, 6.45) is 3.40. The first-order valence-corrected chi connectivity index (χ1v) is 9.14. The predicted molar refractivity (Wildman–Crippen MR) is 92.4 cm³/mol. The molecular formula is C17H20BrNOS. The second-order valence-corrected chi connectivity index (χ2v) is 7.38. The van der Waals surface area contributed by atoms with Crippen LogP contribution in [0.3, 0.4) is 0 Å². The van der Waals surface area contributed by atoms with Gasteiger partial charge in [-0.2, -0.15) is 0 Å². The number of thiophene rings is 1. The molecule has 0 saturated carbocycles. The van der Waals surface area contributed by atoms with Gasteiger partial charge in [-0.25, -0.2) is 0 Å². The summed E-state index contributed by atoms with van der Waals surface area (Å²) in [5.74, 6) is 1.05. The van der Waals surface area contributed by atoms with E-state index in [1.807, 2.05) is 17.4 Å². The van der Waals surface area contributed by atoms with Gasteiger partial charge in [0.15, 0.2) is 0 Å². The Morgan fingerprint density at radius 2 is 2.29 bits per heavy atom. The Hall–Kier alpha value is -0.840. The highest BCUT2D eigenvalue weighted by Gasteiger charge is 2.30. The molecule has 0 amide bonds. The molecule has 2 atom stereocenters. The van der Waals surface area contributed by atoms with Crippen molar-refractivity contribution < 1.29 is 4.74 Å². The van der Waals surface area contributed by atoms with Gasteiger partial charge in [0.25, 0.3) is 0 Å². The van der Waals surface area contributed by atoms with E-state index in [0.29, 0.717) is 6.04 Å². The Kier molecular flexibility index (Phi) is 4.99. The zero-order valence-electron chi connectivity index (χ0n) is 12.1. The van der Waals surface area contributed by atoms with E-state index in [-0.39, 0.29) is 6.10 Å². The number of benzene rings is 1. The van der Waals surface area contributed by atoms with Gasteiger partial charge in [0.1, 0.15) is 11.9 Å². The highest BCUT2D eigenvalue weighted by Crippen LogP contribution is 2.31. The van der Waals surface area contributed by atoms with Crippen LogP contribution >= 0.6 is 27.3 Å². The molecule has 2 heterocycles. The minimum Gasteiger partial charge on any atom is -0.488 e. The second kappa shape index (κ2) is 6.95. The molecule has 0 bridgehead atoms. The van der Waals surface area contributed by atoms with Gasteiger partial charge in [-0.05, 0) is 46.6 Å². The Balaban J connectivity index is 1.71. The van der Waals surface area contributed by atoms with E-state index in [0.717, 1.165) is 31.6 Å². The molecule has 3 rings (SSSR count). The molecule has 2 aromatic rings. The Morgan fingerprint density at radius 3 is 3.00 bits per heavy atom. The lowest BCUT2D eigenvalue weighted by Crippen LogP contribution is -2.44. The van der Waals surface area contributed by atoms with Crippen LogP contribution in [0.4, 0.5) is 0 Å². The zero-order chi connectivity index (χ0) is 14.7. The number of nitrogens with one attached hydrogen (secondary N) is 1. The van der Waals surface area contributed by atoms with Gasteiger partial charge in [0, 0.05) is 33.6 Å². The quantitative estimate of drug-likeness (QED) is 0.817. The summed E-state index contributed by atoms with van der Waals surface area (Å²) in [5, 5.41) is 5.82. The van der Waals surface area contributed by atoms with E-state index in [9.17, 15) is 0 Å². The zero-order valence-corrected chi connectivity index (χ0v) is 14.5. The molecule has 0 aliphatic carbocycles. The van der Waals surface area contributed by atoms with Crippen molar-refractivity contribution in [3.05, 3.63) is 50.6 Å². The minimum atomic E-state index is 0.231. The minimum absolute atomic E-state index is 0.231. The standard InChI is InChI=1S/C17H20BrNOS/c1-2-7-19-15(10-14-9-13(18)11-21-14)17-8-12-5-3-4-6-16(12)20-17/h3-6,9,11,15,17,19H,2,7-8,10H2,1H3. The van der Waals surface area contributed by atoms with E-state index < -0.39 is 0 Å². The van der Waals surface area contributed by atoms with Crippen LogP contribution in [0.25, 0.3) is 0 Å². The van der Waals surface area contributed by atoms with Crippen LogP contribution in [-0.4, -0.2) is 18.7 Å². The Bertz CT molecular complexity index is 573. The number of fused-ring (bicyclic) bond motifs is 1. The largest absolute Gasteiger partial charge is 0.488 e. The van der Waals surface area contributed by atoms with Crippen molar-refractivity contribution in [3.8, 4) is 5.75 Å². The third-order valence-electron chi connectivity index (χ3n) is 3.82. The summed E-state index contributed by atoms with van der Waals surface area (Å²) < 4.78 is 7.35. The fourth-order valence-electron chi connectivity index (χ4n) is 2.78. The molecule has 4 heteroatoms. The summed E-state index contributed by atoms with van der Waals surface area (Å²) in [6, 6.07) is 11.0. The lowest BCUT2D eigenvalue weighted by atomic mass is 10.0. The Labute approximate surface area is 138 Å². The van der Waals surface area contributed by atoms with Gasteiger partial charge < -0.3 is 10.1 Å². The average molecular weight is 366 g/mol. The fourth-order valence-corrected chi connectivity index (χ4v) is 4.29. The summed E-state index contributed by atoms with van der Waals surface area (Å²) in [7, 11) is 0.